The van der Waals surface area contributed by atoms with E-state index in [9.17, 15) is 0 Å². The van der Waals surface area contributed by atoms with Gasteiger partial charge >= 0.3 is 0 Å². The predicted molar refractivity (Wildman–Crippen MR) is 218 cm³/mol. The van der Waals surface area contributed by atoms with Crippen LogP contribution in [0.5, 0.6) is 0 Å². The molecule has 0 saturated heterocycles. The molecule has 0 saturated carbocycles. The zero-order valence-corrected chi connectivity index (χ0v) is 31.1. The van der Waals surface area contributed by atoms with Gasteiger partial charge in [-0.25, -0.2) is 0 Å². The van der Waals surface area contributed by atoms with Crippen molar-refractivity contribution in [3.05, 3.63) is 160 Å². The van der Waals surface area contributed by atoms with Gasteiger partial charge in [-0.1, -0.05) is 111 Å². The molecule has 256 valence electrons. The molecule has 4 aliphatic rings. The minimum atomic E-state index is 0.0312. The van der Waals surface area contributed by atoms with Crippen molar-refractivity contribution in [3.8, 4) is 0 Å². The van der Waals surface area contributed by atoms with Crippen LogP contribution in [0.1, 0.15) is 93.7 Å². The van der Waals surface area contributed by atoms with Crippen molar-refractivity contribution in [2.24, 2.45) is 5.92 Å². The molecule has 2 heterocycles. The van der Waals surface area contributed by atoms with Crippen LogP contribution in [0.3, 0.4) is 0 Å². The lowest BCUT2D eigenvalue weighted by atomic mass is 9.73. The van der Waals surface area contributed by atoms with Crippen LogP contribution in [0.15, 0.2) is 127 Å². The minimum absolute atomic E-state index is 0.0312. The van der Waals surface area contributed by atoms with E-state index < -0.39 is 0 Å². The summed E-state index contributed by atoms with van der Waals surface area (Å²) >= 11 is 0. The highest BCUT2D eigenvalue weighted by Gasteiger charge is 2.46. The molecule has 9 rings (SSSR count). The monoisotopic (exact) mass is 666 g/mol. The molecule has 0 spiro atoms. The fourth-order valence-corrected chi connectivity index (χ4v) is 9.78. The first-order valence-electron chi connectivity index (χ1n) is 19.0. The second-order valence-corrected chi connectivity index (χ2v) is 17.2. The van der Waals surface area contributed by atoms with Crippen LogP contribution >= 0.6 is 0 Å². The van der Waals surface area contributed by atoms with E-state index in [1.807, 2.05) is 0 Å². The third-order valence-corrected chi connectivity index (χ3v) is 12.7. The van der Waals surface area contributed by atoms with Gasteiger partial charge in [-0.05, 0) is 145 Å². The fourth-order valence-electron chi connectivity index (χ4n) is 9.78. The first-order chi connectivity index (χ1) is 24.5. The Labute approximate surface area is 304 Å². The Balaban J connectivity index is 0.980. The molecular weight excluding hydrogens is 617 g/mol. The van der Waals surface area contributed by atoms with Crippen LogP contribution in [0, 0.1) is 5.92 Å². The molecule has 2 aliphatic carbocycles. The first kappa shape index (κ1) is 32.1. The van der Waals surface area contributed by atoms with Gasteiger partial charge < -0.3 is 9.80 Å². The van der Waals surface area contributed by atoms with E-state index in [1.54, 1.807) is 0 Å². The lowest BCUT2D eigenvalue weighted by Gasteiger charge is -2.47. The van der Waals surface area contributed by atoms with Crippen molar-refractivity contribution >= 4 is 40.0 Å². The number of hydrogen-bond acceptors (Lipinski definition) is 2. The Morgan fingerprint density at radius 2 is 1.20 bits per heavy atom. The van der Waals surface area contributed by atoms with Gasteiger partial charge in [0.05, 0.1) is 0 Å². The number of hydrogen-bond donors (Lipinski definition) is 0. The van der Waals surface area contributed by atoms with Crippen LogP contribution in [0.4, 0.5) is 17.1 Å². The number of aryl methyl sites for hydroxylation is 2. The molecule has 0 radical (unpaired) electrons. The molecule has 0 fully saturated rings. The molecule has 0 bridgehead atoms. The number of rotatable bonds is 4. The topological polar surface area (TPSA) is 6.48 Å². The summed E-state index contributed by atoms with van der Waals surface area (Å²) in [6.07, 6.45) is 16.6. The van der Waals surface area contributed by atoms with E-state index in [2.05, 4.69) is 185 Å². The normalized spacial score (nSPS) is 22.4. The molecule has 2 aliphatic heterocycles. The Hall–Kier alpha value is -4.82. The maximum atomic E-state index is 2.61. The number of allylic oxidation sites excluding steroid dienone is 3. The van der Waals surface area contributed by atoms with E-state index in [1.165, 1.54) is 66.9 Å². The summed E-state index contributed by atoms with van der Waals surface area (Å²) in [5, 5.41) is 2.55. The number of fused-ring (bicyclic) bond motifs is 6. The van der Waals surface area contributed by atoms with Crippen molar-refractivity contribution < 1.29 is 0 Å². The van der Waals surface area contributed by atoms with Crippen molar-refractivity contribution in [2.45, 2.75) is 89.6 Å². The van der Waals surface area contributed by atoms with Gasteiger partial charge in [-0.2, -0.15) is 0 Å². The summed E-state index contributed by atoms with van der Waals surface area (Å²) < 4.78 is 0. The largest absolute Gasteiger partial charge is 0.336 e. The van der Waals surface area contributed by atoms with Gasteiger partial charge in [0.2, 0.25) is 0 Å². The van der Waals surface area contributed by atoms with Gasteiger partial charge in [0.1, 0.15) is 0 Å². The van der Waals surface area contributed by atoms with E-state index >= 15 is 0 Å². The molecule has 2 nitrogen and oxygen atoms in total. The number of nitrogens with zero attached hydrogens (tertiary/aromatic N) is 2. The molecule has 0 N–H and O–H groups in total. The first-order valence-corrected chi connectivity index (χ1v) is 19.0. The molecule has 0 aromatic heterocycles. The van der Waals surface area contributed by atoms with Crippen molar-refractivity contribution in [1.29, 1.82) is 0 Å². The SMILES string of the molecule is CC1(C)c2cc(/C=C/c3ccc4cc(N5c6ccccc6CCC5(C)C)ccc4c3)ccc2C2C=CC(N3c4ccccc4CCC3(C)C)=CC21. The standard InChI is InChI=1S/C49H50N2/c1-47(2)27-25-35-11-7-9-13-45(35)50(47)39-21-20-37-29-33(17-19-38(37)31-39)15-16-34-18-23-41-42-24-22-40(32-44(42)49(5,6)43(41)30-34)51-46-14-10-8-12-36(46)26-28-48(51,3)4/h7-24,29-32,42,44H,25-28H2,1-6H3/b16-15+. The van der Waals surface area contributed by atoms with E-state index in [0.717, 1.165) is 25.7 Å². The summed E-state index contributed by atoms with van der Waals surface area (Å²) in [7, 11) is 0. The van der Waals surface area contributed by atoms with Crippen LogP contribution < -0.4 is 9.80 Å². The van der Waals surface area contributed by atoms with E-state index in [-0.39, 0.29) is 16.5 Å². The van der Waals surface area contributed by atoms with Crippen LogP contribution in [-0.2, 0) is 18.3 Å². The lowest BCUT2D eigenvalue weighted by Crippen LogP contribution is -2.47. The molecule has 0 amide bonds. The van der Waals surface area contributed by atoms with Gasteiger partial charge in [0.25, 0.3) is 0 Å². The fraction of sp³-hybridized carbons (Fsp3) is 0.306. The van der Waals surface area contributed by atoms with Crippen LogP contribution in [0.25, 0.3) is 22.9 Å². The lowest BCUT2D eigenvalue weighted by molar-refractivity contribution is 0.384. The highest BCUT2D eigenvalue weighted by molar-refractivity contribution is 5.90. The van der Waals surface area contributed by atoms with Gasteiger partial charge in [0, 0.05) is 39.8 Å². The summed E-state index contributed by atoms with van der Waals surface area (Å²) in [5.41, 5.74) is 13.9. The Morgan fingerprint density at radius 1 is 0.608 bits per heavy atom. The van der Waals surface area contributed by atoms with Gasteiger partial charge in [-0.15, -0.1) is 0 Å². The molecule has 51 heavy (non-hydrogen) atoms. The second-order valence-electron chi connectivity index (χ2n) is 17.2. The zero-order valence-electron chi connectivity index (χ0n) is 31.1. The number of benzene rings is 5. The summed E-state index contributed by atoms with van der Waals surface area (Å²) in [6.45, 7) is 14.4. The number of para-hydroxylation sites is 2. The highest BCUT2D eigenvalue weighted by atomic mass is 15.2. The quantitative estimate of drug-likeness (QED) is 0.176. The second kappa shape index (κ2) is 11.6. The Kier molecular flexibility index (Phi) is 7.31. The smallest absolute Gasteiger partial charge is 0.0448 e. The minimum Gasteiger partial charge on any atom is -0.336 e. The molecule has 2 atom stereocenters. The Bertz CT molecular complexity index is 2280. The van der Waals surface area contributed by atoms with Crippen molar-refractivity contribution in [2.75, 3.05) is 9.80 Å². The number of anilines is 3. The van der Waals surface area contributed by atoms with Crippen LogP contribution in [0.2, 0.25) is 0 Å². The van der Waals surface area contributed by atoms with Gasteiger partial charge in [0.15, 0.2) is 0 Å². The predicted octanol–water partition coefficient (Wildman–Crippen LogP) is 12.5. The summed E-state index contributed by atoms with van der Waals surface area (Å²) in [4.78, 5) is 5.16. The van der Waals surface area contributed by atoms with Crippen molar-refractivity contribution in [3.63, 3.8) is 0 Å². The third-order valence-electron chi connectivity index (χ3n) is 12.7. The highest BCUT2D eigenvalue weighted by Crippen LogP contribution is 2.55. The average Bonchev–Trinajstić information content (AvgIpc) is 3.34. The van der Waals surface area contributed by atoms with E-state index in [4.69, 9.17) is 0 Å². The van der Waals surface area contributed by atoms with Gasteiger partial charge in [-0.3, -0.25) is 0 Å². The Morgan fingerprint density at radius 3 is 1.92 bits per heavy atom. The maximum Gasteiger partial charge on any atom is 0.0448 e. The van der Waals surface area contributed by atoms with Crippen LogP contribution in [-0.4, -0.2) is 11.1 Å². The molecular formula is C49H50N2. The van der Waals surface area contributed by atoms with Crippen molar-refractivity contribution in [1.82, 2.24) is 0 Å². The maximum absolute atomic E-state index is 2.61. The summed E-state index contributed by atoms with van der Waals surface area (Å²) in [6, 6.07) is 38.9. The third kappa shape index (κ3) is 5.29. The molecule has 2 heteroatoms. The van der Waals surface area contributed by atoms with E-state index in [0.29, 0.717) is 11.8 Å². The molecule has 5 aromatic rings. The average molecular weight is 667 g/mol. The zero-order chi connectivity index (χ0) is 35.1. The molecule has 2 unspecified atom stereocenters. The summed E-state index contributed by atoms with van der Waals surface area (Å²) in [5.74, 6) is 0.834. The molecule has 5 aromatic carbocycles.